The third-order valence-corrected chi connectivity index (χ3v) is 3.08. The molecule has 4 heteroatoms. The Hall–Kier alpha value is -2.88. The lowest BCUT2D eigenvalue weighted by Crippen LogP contribution is -2.12. The summed E-state index contributed by atoms with van der Waals surface area (Å²) < 4.78 is 0. The van der Waals surface area contributed by atoms with Crippen molar-refractivity contribution in [2.75, 3.05) is 11.1 Å². The monoisotopic (exact) mass is 263 g/mol. The number of amides is 1. The fourth-order valence-corrected chi connectivity index (χ4v) is 2.12. The predicted molar refractivity (Wildman–Crippen MR) is 80.6 cm³/mol. The van der Waals surface area contributed by atoms with Gasteiger partial charge in [-0.3, -0.25) is 4.79 Å². The Kier molecular flexibility index (Phi) is 3.05. The van der Waals surface area contributed by atoms with Crippen LogP contribution in [0, 0.1) is 0 Å². The van der Waals surface area contributed by atoms with Gasteiger partial charge in [-0.15, -0.1) is 0 Å². The van der Waals surface area contributed by atoms with E-state index in [1.807, 2.05) is 42.5 Å². The summed E-state index contributed by atoms with van der Waals surface area (Å²) in [6, 6.07) is 16.9. The third-order valence-electron chi connectivity index (χ3n) is 3.08. The molecule has 3 aromatic rings. The molecule has 1 amide bonds. The van der Waals surface area contributed by atoms with E-state index < -0.39 is 0 Å². The fraction of sp³-hybridized carbons (Fsp3) is 0. The molecule has 0 aliphatic rings. The molecule has 0 spiro atoms. The smallest absolute Gasteiger partial charge is 0.255 e. The molecular weight excluding hydrogens is 250 g/mol. The molecule has 98 valence electrons. The van der Waals surface area contributed by atoms with Crippen LogP contribution >= 0.6 is 0 Å². The fourth-order valence-electron chi connectivity index (χ4n) is 2.12. The normalized spacial score (nSPS) is 10.4. The zero-order valence-electron chi connectivity index (χ0n) is 10.7. The minimum atomic E-state index is -0.199. The zero-order chi connectivity index (χ0) is 13.9. The first kappa shape index (κ1) is 12.2. The summed E-state index contributed by atoms with van der Waals surface area (Å²) in [5.41, 5.74) is 6.86. The van der Waals surface area contributed by atoms with Crippen molar-refractivity contribution in [3.8, 4) is 0 Å². The van der Waals surface area contributed by atoms with Crippen LogP contribution in [0.15, 0.2) is 60.8 Å². The number of nitrogen functional groups attached to an aromatic ring is 1. The molecule has 0 radical (unpaired) electrons. The zero-order valence-corrected chi connectivity index (χ0v) is 10.7. The quantitative estimate of drug-likeness (QED) is 0.746. The number of rotatable bonds is 2. The van der Waals surface area contributed by atoms with Crippen molar-refractivity contribution in [1.82, 2.24) is 4.98 Å². The molecule has 4 nitrogen and oxygen atoms in total. The van der Waals surface area contributed by atoms with Crippen LogP contribution in [0.1, 0.15) is 10.4 Å². The van der Waals surface area contributed by atoms with E-state index in [0.29, 0.717) is 11.4 Å². The van der Waals surface area contributed by atoms with Gasteiger partial charge in [-0.05, 0) is 23.6 Å². The van der Waals surface area contributed by atoms with Crippen molar-refractivity contribution < 1.29 is 4.79 Å². The van der Waals surface area contributed by atoms with E-state index in [1.165, 1.54) is 6.20 Å². The van der Waals surface area contributed by atoms with E-state index in [1.54, 1.807) is 12.1 Å². The highest BCUT2D eigenvalue weighted by Crippen LogP contribution is 2.23. The molecule has 1 heterocycles. The Balaban J connectivity index is 1.95. The van der Waals surface area contributed by atoms with Crippen molar-refractivity contribution in [1.29, 1.82) is 0 Å². The molecule has 0 saturated heterocycles. The molecule has 1 aromatic heterocycles. The largest absolute Gasteiger partial charge is 0.384 e. The van der Waals surface area contributed by atoms with Gasteiger partial charge in [-0.1, -0.05) is 36.4 Å². The van der Waals surface area contributed by atoms with Gasteiger partial charge >= 0.3 is 0 Å². The number of hydrogen-bond donors (Lipinski definition) is 2. The number of anilines is 2. The molecule has 0 aliphatic carbocycles. The average molecular weight is 263 g/mol. The molecule has 0 atom stereocenters. The number of fused-ring (bicyclic) bond motifs is 1. The maximum Gasteiger partial charge on any atom is 0.255 e. The minimum Gasteiger partial charge on any atom is -0.384 e. The van der Waals surface area contributed by atoms with Gasteiger partial charge in [0.05, 0.1) is 0 Å². The Bertz CT molecular complexity index is 778. The van der Waals surface area contributed by atoms with Crippen molar-refractivity contribution in [3.05, 3.63) is 66.4 Å². The molecule has 0 fully saturated rings. The number of benzene rings is 2. The predicted octanol–water partition coefficient (Wildman–Crippen LogP) is 3.07. The molecule has 2 aromatic carbocycles. The third kappa shape index (κ3) is 2.31. The molecule has 0 aliphatic heterocycles. The van der Waals surface area contributed by atoms with Crippen LogP contribution in [-0.2, 0) is 0 Å². The van der Waals surface area contributed by atoms with E-state index in [2.05, 4.69) is 10.3 Å². The summed E-state index contributed by atoms with van der Waals surface area (Å²) in [6.07, 6.45) is 1.52. The second-order valence-electron chi connectivity index (χ2n) is 4.45. The molecule has 3 N–H and O–H groups in total. The summed E-state index contributed by atoms with van der Waals surface area (Å²) in [5.74, 6) is 0.131. The summed E-state index contributed by atoms with van der Waals surface area (Å²) in [4.78, 5) is 16.1. The lowest BCUT2D eigenvalue weighted by atomic mass is 10.1. The summed E-state index contributed by atoms with van der Waals surface area (Å²) in [5, 5.41) is 4.99. The Morgan fingerprint density at radius 1 is 1.05 bits per heavy atom. The number of nitrogens with two attached hydrogens (primary N) is 1. The highest BCUT2D eigenvalue weighted by atomic mass is 16.1. The second kappa shape index (κ2) is 5.01. The first-order chi connectivity index (χ1) is 9.74. The molecule has 0 bridgehead atoms. The van der Waals surface area contributed by atoms with Crippen LogP contribution < -0.4 is 11.1 Å². The maximum absolute atomic E-state index is 12.2. The average Bonchev–Trinajstić information content (AvgIpc) is 2.47. The SMILES string of the molecule is Nc1cc(C(=O)Nc2cccc3ccccc23)ccn1. The molecule has 0 saturated carbocycles. The van der Waals surface area contributed by atoms with E-state index in [9.17, 15) is 4.79 Å². The lowest BCUT2D eigenvalue weighted by molar-refractivity contribution is 0.102. The van der Waals surface area contributed by atoms with Gasteiger partial charge in [-0.25, -0.2) is 4.98 Å². The number of carbonyl (C=O) groups is 1. The molecule has 3 rings (SSSR count). The van der Waals surface area contributed by atoms with Crippen LogP contribution in [0.4, 0.5) is 11.5 Å². The van der Waals surface area contributed by atoms with E-state index in [4.69, 9.17) is 5.73 Å². The van der Waals surface area contributed by atoms with Gasteiger partial charge in [0.2, 0.25) is 0 Å². The van der Waals surface area contributed by atoms with Gasteiger partial charge in [0.25, 0.3) is 5.91 Å². The van der Waals surface area contributed by atoms with E-state index >= 15 is 0 Å². The summed E-state index contributed by atoms with van der Waals surface area (Å²) in [6.45, 7) is 0. The molecule has 20 heavy (non-hydrogen) atoms. The van der Waals surface area contributed by atoms with E-state index in [0.717, 1.165) is 16.5 Å². The van der Waals surface area contributed by atoms with Crippen LogP contribution in [-0.4, -0.2) is 10.9 Å². The van der Waals surface area contributed by atoms with E-state index in [-0.39, 0.29) is 5.91 Å². The number of nitrogens with zero attached hydrogens (tertiary/aromatic N) is 1. The minimum absolute atomic E-state index is 0.199. The Labute approximate surface area is 116 Å². The number of carbonyl (C=O) groups excluding carboxylic acids is 1. The van der Waals surface area contributed by atoms with Crippen LogP contribution in [0.2, 0.25) is 0 Å². The van der Waals surface area contributed by atoms with Crippen LogP contribution in [0.3, 0.4) is 0 Å². The number of pyridine rings is 1. The van der Waals surface area contributed by atoms with Gasteiger partial charge < -0.3 is 11.1 Å². The maximum atomic E-state index is 12.2. The first-order valence-corrected chi connectivity index (χ1v) is 6.25. The highest BCUT2D eigenvalue weighted by Gasteiger charge is 2.08. The highest BCUT2D eigenvalue weighted by molar-refractivity contribution is 6.09. The van der Waals surface area contributed by atoms with Gasteiger partial charge in [-0.2, -0.15) is 0 Å². The topological polar surface area (TPSA) is 68.0 Å². The van der Waals surface area contributed by atoms with Crippen LogP contribution in [0.5, 0.6) is 0 Å². The lowest BCUT2D eigenvalue weighted by Gasteiger charge is -2.08. The van der Waals surface area contributed by atoms with Gasteiger partial charge in [0.15, 0.2) is 0 Å². The van der Waals surface area contributed by atoms with Crippen molar-refractivity contribution >= 4 is 28.2 Å². The van der Waals surface area contributed by atoms with Gasteiger partial charge in [0.1, 0.15) is 5.82 Å². The number of aromatic nitrogens is 1. The number of nitrogens with one attached hydrogen (secondary N) is 1. The molecular formula is C16H13N3O. The molecule has 0 unspecified atom stereocenters. The van der Waals surface area contributed by atoms with Crippen molar-refractivity contribution in [3.63, 3.8) is 0 Å². The second-order valence-corrected chi connectivity index (χ2v) is 4.45. The standard InChI is InChI=1S/C16H13N3O/c17-15-10-12(8-9-18-15)16(20)19-14-7-3-5-11-4-1-2-6-13(11)14/h1-10H,(H2,17,18)(H,19,20). The van der Waals surface area contributed by atoms with Crippen molar-refractivity contribution in [2.45, 2.75) is 0 Å². The van der Waals surface area contributed by atoms with Gasteiger partial charge in [0, 0.05) is 22.8 Å². The summed E-state index contributed by atoms with van der Waals surface area (Å²) in [7, 11) is 0. The summed E-state index contributed by atoms with van der Waals surface area (Å²) >= 11 is 0. The number of hydrogen-bond acceptors (Lipinski definition) is 3. The first-order valence-electron chi connectivity index (χ1n) is 6.25. The van der Waals surface area contributed by atoms with Crippen molar-refractivity contribution in [2.24, 2.45) is 0 Å². The van der Waals surface area contributed by atoms with Crippen LogP contribution in [0.25, 0.3) is 10.8 Å². The Morgan fingerprint density at radius 2 is 1.85 bits per heavy atom. The Morgan fingerprint density at radius 3 is 2.70 bits per heavy atom.